The van der Waals surface area contributed by atoms with Crippen molar-refractivity contribution in [2.24, 2.45) is 0 Å². The number of benzene rings is 1. The first-order valence-corrected chi connectivity index (χ1v) is 7.09. The van der Waals surface area contributed by atoms with Crippen molar-refractivity contribution in [1.82, 2.24) is 5.32 Å². The van der Waals surface area contributed by atoms with Gasteiger partial charge in [0, 0.05) is 12.3 Å². The van der Waals surface area contributed by atoms with Crippen LogP contribution in [0.2, 0.25) is 0 Å². The Labute approximate surface area is 111 Å². The van der Waals surface area contributed by atoms with Crippen LogP contribution < -0.4 is 5.32 Å². The van der Waals surface area contributed by atoms with Gasteiger partial charge in [0.1, 0.15) is 5.82 Å². The minimum Gasteiger partial charge on any atom is -0.481 e. The fraction of sp³-hybridized carbons (Fsp3) is 0.462. The van der Waals surface area contributed by atoms with E-state index in [1.807, 2.05) is 6.07 Å². The number of carbonyl (C=O) groups is 1. The molecule has 0 atom stereocenters. The van der Waals surface area contributed by atoms with E-state index in [9.17, 15) is 9.18 Å². The van der Waals surface area contributed by atoms with Gasteiger partial charge in [-0.15, -0.1) is 11.8 Å². The normalized spacial score (nSPS) is 10.5. The topological polar surface area (TPSA) is 49.3 Å². The predicted octanol–water partition coefficient (Wildman–Crippen LogP) is 2.17. The number of hydrogen-bond acceptors (Lipinski definition) is 3. The van der Waals surface area contributed by atoms with Gasteiger partial charge in [-0.2, -0.15) is 0 Å². The van der Waals surface area contributed by atoms with Gasteiger partial charge in [0.25, 0.3) is 0 Å². The summed E-state index contributed by atoms with van der Waals surface area (Å²) in [4.78, 5) is 10.2. The van der Waals surface area contributed by atoms with Crippen LogP contribution in [0.4, 0.5) is 4.39 Å². The summed E-state index contributed by atoms with van der Waals surface area (Å²) in [5.41, 5.74) is 0.750. The highest BCUT2D eigenvalue weighted by atomic mass is 32.2. The Morgan fingerprint density at radius 1 is 1.33 bits per heavy atom. The van der Waals surface area contributed by atoms with Gasteiger partial charge in [-0.05, 0) is 31.0 Å². The Balaban J connectivity index is 1.99. The van der Waals surface area contributed by atoms with E-state index in [0.29, 0.717) is 0 Å². The Bertz CT molecular complexity index is 374. The number of carboxylic acids is 1. The summed E-state index contributed by atoms with van der Waals surface area (Å²) in [5.74, 6) is 0.0113. The van der Waals surface area contributed by atoms with Gasteiger partial charge in [-0.3, -0.25) is 4.79 Å². The molecule has 0 aliphatic rings. The van der Waals surface area contributed by atoms with Crippen molar-refractivity contribution in [3.63, 3.8) is 0 Å². The first-order chi connectivity index (χ1) is 8.70. The van der Waals surface area contributed by atoms with E-state index in [0.717, 1.165) is 37.2 Å². The van der Waals surface area contributed by atoms with Crippen molar-refractivity contribution in [3.8, 4) is 0 Å². The highest BCUT2D eigenvalue weighted by Gasteiger charge is 2.00. The molecule has 0 amide bonds. The molecule has 0 aromatic heterocycles. The molecular formula is C13H18FNO2S. The van der Waals surface area contributed by atoms with Gasteiger partial charge in [-0.25, -0.2) is 4.39 Å². The maximum absolute atomic E-state index is 13.3. The maximum atomic E-state index is 13.3. The second-order valence-electron chi connectivity index (χ2n) is 3.89. The van der Waals surface area contributed by atoms with Gasteiger partial charge in [0.15, 0.2) is 0 Å². The predicted molar refractivity (Wildman–Crippen MR) is 72.6 cm³/mol. The fourth-order valence-electron chi connectivity index (χ4n) is 1.53. The number of thioether (sulfide) groups is 1. The quantitative estimate of drug-likeness (QED) is 0.676. The fourth-order valence-corrected chi connectivity index (χ4v) is 2.14. The summed E-state index contributed by atoms with van der Waals surface area (Å²) in [6.07, 6.45) is 1.60. The van der Waals surface area contributed by atoms with Crippen LogP contribution in [0.3, 0.4) is 0 Å². The molecule has 0 bridgehead atoms. The van der Waals surface area contributed by atoms with E-state index in [1.165, 1.54) is 17.8 Å². The van der Waals surface area contributed by atoms with Crippen molar-refractivity contribution in [2.75, 3.05) is 24.6 Å². The second-order valence-corrected chi connectivity index (χ2v) is 5.00. The Morgan fingerprint density at radius 3 is 2.83 bits per heavy atom. The molecule has 0 fully saturated rings. The summed E-state index contributed by atoms with van der Waals surface area (Å²) >= 11 is 1.40. The Kier molecular flexibility index (Phi) is 7.44. The molecule has 5 heteroatoms. The van der Waals surface area contributed by atoms with Crippen molar-refractivity contribution >= 4 is 17.7 Å². The van der Waals surface area contributed by atoms with Crippen LogP contribution in [0, 0.1) is 5.82 Å². The minimum atomic E-state index is -0.778. The van der Waals surface area contributed by atoms with E-state index in [-0.39, 0.29) is 11.6 Å². The van der Waals surface area contributed by atoms with Crippen LogP contribution in [-0.2, 0) is 11.2 Å². The molecule has 0 spiro atoms. The number of aryl methyl sites for hydroxylation is 1. The summed E-state index contributed by atoms with van der Waals surface area (Å²) in [6, 6.07) is 6.81. The van der Waals surface area contributed by atoms with Crippen molar-refractivity contribution in [3.05, 3.63) is 35.6 Å². The molecular weight excluding hydrogens is 253 g/mol. The molecule has 2 N–H and O–H groups in total. The molecule has 1 aromatic rings. The third-order valence-electron chi connectivity index (χ3n) is 2.41. The minimum absolute atomic E-state index is 0.144. The average Bonchev–Trinajstić information content (AvgIpc) is 2.34. The SMILES string of the molecule is O=C(O)CSCCNCCCc1ccccc1F. The highest BCUT2D eigenvalue weighted by molar-refractivity contribution is 7.99. The Hall–Kier alpha value is -1.07. The van der Waals surface area contributed by atoms with Crippen LogP contribution in [0.5, 0.6) is 0 Å². The lowest BCUT2D eigenvalue weighted by molar-refractivity contribution is -0.133. The summed E-state index contributed by atoms with van der Waals surface area (Å²) in [7, 11) is 0. The van der Waals surface area contributed by atoms with Gasteiger partial charge in [0.2, 0.25) is 0 Å². The lowest BCUT2D eigenvalue weighted by atomic mass is 10.1. The van der Waals surface area contributed by atoms with Crippen LogP contribution in [0.15, 0.2) is 24.3 Å². The lowest BCUT2D eigenvalue weighted by Gasteiger charge is -2.05. The third kappa shape index (κ3) is 6.61. The zero-order valence-corrected chi connectivity index (χ0v) is 11.0. The largest absolute Gasteiger partial charge is 0.481 e. The number of halogens is 1. The molecule has 18 heavy (non-hydrogen) atoms. The standard InChI is InChI=1S/C13H18FNO2S/c14-12-6-2-1-4-11(12)5-3-7-15-8-9-18-10-13(16)17/h1-2,4,6,15H,3,5,7-10H2,(H,16,17). The lowest BCUT2D eigenvalue weighted by Crippen LogP contribution is -2.19. The molecule has 0 saturated carbocycles. The molecule has 100 valence electrons. The van der Waals surface area contributed by atoms with Crippen molar-refractivity contribution in [2.45, 2.75) is 12.8 Å². The molecule has 3 nitrogen and oxygen atoms in total. The van der Waals surface area contributed by atoms with Crippen LogP contribution in [0.1, 0.15) is 12.0 Å². The van der Waals surface area contributed by atoms with E-state index in [1.54, 1.807) is 12.1 Å². The van der Waals surface area contributed by atoms with Gasteiger partial charge in [-0.1, -0.05) is 18.2 Å². The van der Waals surface area contributed by atoms with E-state index in [2.05, 4.69) is 5.32 Å². The molecule has 0 heterocycles. The first kappa shape index (κ1) is 15.0. The molecule has 0 radical (unpaired) electrons. The molecule has 0 aliphatic carbocycles. The van der Waals surface area contributed by atoms with Gasteiger partial charge < -0.3 is 10.4 Å². The zero-order chi connectivity index (χ0) is 13.2. The summed E-state index contributed by atoms with van der Waals surface area (Å²) < 4.78 is 13.3. The number of nitrogens with one attached hydrogen (secondary N) is 1. The van der Waals surface area contributed by atoms with Crippen LogP contribution in [0.25, 0.3) is 0 Å². The number of aliphatic carboxylic acids is 1. The maximum Gasteiger partial charge on any atom is 0.313 e. The smallest absolute Gasteiger partial charge is 0.313 e. The monoisotopic (exact) mass is 271 g/mol. The molecule has 1 aromatic carbocycles. The van der Waals surface area contributed by atoms with E-state index in [4.69, 9.17) is 5.11 Å². The molecule has 0 unspecified atom stereocenters. The number of carboxylic acid groups (broad SMARTS) is 1. The molecule has 0 saturated heterocycles. The van der Waals surface area contributed by atoms with Gasteiger partial charge >= 0.3 is 5.97 Å². The van der Waals surface area contributed by atoms with Crippen molar-refractivity contribution in [1.29, 1.82) is 0 Å². The number of hydrogen-bond donors (Lipinski definition) is 2. The highest BCUT2D eigenvalue weighted by Crippen LogP contribution is 2.08. The van der Waals surface area contributed by atoms with Crippen LogP contribution in [-0.4, -0.2) is 35.7 Å². The van der Waals surface area contributed by atoms with E-state index < -0.39 is 5.97 Å². The Morgan fingerprint density at radius 2 is 2.11 bits per heavy atom. The molecule has 1 rings (SSSR count). The average molecular weight is 271 g/mol. The van der Waals surface area contributed by atoms with Gasteiger partial charge in [0.05, 0.1) is 5.75 Å². The zero-order valence-electron chi connectivity index (χ0n) is 10.2. The van der Waals surface area contributed by atoms with Crippen molar-refractivity contribution < 1.29 is 14.3 Å². The third-order valence-corrected chi connectivity index (χ3v) is 3.35. The number of rotatable bonds is 9. The molecule has 0 aliphatic heterocycles. The first-order valence-electron chi connectivity index (χ1n) is 5.94. The summed E-state index contributed by atoms with van der Waals surface area (Å²) in [5, 5.41) is 11.6. The second kappa shape index (κ2) is 8.94. The summed E-state index contributed by atoms with van der Waals surface area (Å²) in [6.45, 7) is 1.61. The van der Waals surface area contributed by atoms with E-state index >= 15 is 0 Å². The van der Waals surface area contributed by atoms with Crippen LogP contribution >= 0.6 is 11.8 Å².